The quantitative estimate of drug-likeness (QED) is 0.308. The fourth-order valence-electron chi connectivity index (χ4n) is 4.25. The Morgan fingerprint density at radius 1 is 1.18 bits per heavy atom. The van der Waals surface area contributed by atoms with Crippen LogP contribution >= 0.6 is 0 Å². The van der Waals surface area contributed by atoms with E-state index in [9.17, 15) is 13.8 Å². The van der Waals surface area contributed by atoms with Crippen LogP contribution in [-0.4, -0.2) is 58.1 Å². The number of nitrogens with zero attached hydrogens (tertiary/aromatic N) is 6. The van der Waals surface area contributed by atoms with E-state index in [0.29, 0.717) is 38.8 Å². The van der Waals surface area contributed by atoms with Crippen LogP contribution in [0.4, 0.5) is 5.82 Å². The largest absolute Gasteiger partial charge is 0.383 e. The second-order valence-electron chi connectivity index (χ2n) is 9.08. The van der Waals surface area contributed by atoms with Gasteiger partial charge in [0.2, 0.25) is 0 Å². The molecule has 0 amide bonds. The van der Waals surface area contributed by atoms with Gasteiger partial charge in [0.05, 0.1) is 58.8 Å². The third-order valence-electron chi connectivity index (χ3n) is 6.31. The number of aromatic nitrogens is 7. The average Bonchev–Trinajstić information content (AvgIpc) is 3.77. The maximum Gasteiger partial charge on any atom is 0.295 e. The van der Waals surface area contributed by atoms with Crippen molar-refractivity contribution in [1.82, 2.24) is 34.5 Å². The zero-order valence-electron chi connectivity index (χ0n) is 21.3. The minimum Gasteiger partial charge on any atom is -0.383 e. The lowest BCUT2D eigenvalue weighted by Gasteiger charge is -2.18. The Morgan fingerprint density at radius 3 is 2.68 bits per heavy atom. The number of rotatable bonds is 10. The lowest BCUT2D eigenvalue weighted by atomic mass is 10.1. The molecule has 0 saturated heterocycles. The smallest absolute Gasteiger partial charge is 0.295 e. The number of H-pyrrole nitrogens is 1. The van der Waals surface area contributed by atoms with E-state index in [2.05, 4.69) is 35.2 Å². The van der Waals surface area contributed by atoms with Crippen LogP contribution in [0.3, 0.4) is 0 Å². The zero-order chi connectivity index (χ0) is 26.8. The van der Waals surface area contributed by atoms with Crippen molar-refractivity contribution in [3.8, 4) is 11.4 Å². The van der Waals surface area contributed by atoms with Crippen LogP contribution in [-0.2, 0) is 22.1 Å². The molecule has 4 aromatic rings. The molecule has 1 fully saturated rings. The van der Waals surface area contributed by atoms with E-state index in [-0.39, 0.29) is 42.3 Å². The summed E-state index contributed by atoms with van der Waals surface area (Å²) in [6.45, 7) is 4.19. The number of anilines is 1. The maximum atomic E-state index is 13.6. The highest BCUT2D eigenvalue weighted by atomic mass is 32.2. The van der Waals surface area contributed by atoms with Crippen molar-refractivity contribution < 1.29 is 8.95 Å². The van der Waals surface area contributed by atoms with E-state index in [1.165, 1.54) is 17.1 Å². The van der Waals surface area contributed by atoms with Crippen LogP contribution < -0.4 is 16.4 Å². The first-order valence-corrected chi connectivity index (χ1v) is 13.7. The minimum absolute atomic E-state index is 0.109. The van der Waals surface area contributed by atoms with Gasteiger partial charge in [-0.1, -0.05) is 6.92 Å². The summed E-state index contributed by atoms with van der Waals surface area (Å²) >= 11 is 0. The summed E-state index contributed by atoms with van der Waals surface area (Å²) in [5.41, 5.74) is 1.61. The number of nitrogens with one attached hydrogen (secondary N) is 2. The standard InChI is InChI=1S/C25H28N8O4S/c1-4-38(36)17-8-7-16(26-10-17)9-27-22-25(35)33(14(2)12-37-3)23-18(31-22)11-28-21(32-23)19-20(15-5-6-15)29-13-30-24(19)34/h7-8,10-11,13-15H,4-6,9,12H2,1-3H3,(H,27,31)(H,29,30,34)/t14-,38?/m0/s1. The highest BCUT2D eigenvalue weighted by Gasteiger charge is 2.30. The molecule has 5 rings (SSSR count). The molecule has 0 bridgehead atoms. The number of hydrogen-bond donors (Lipinski definition) is 2. The minimum atomic E-state index is -1.09. The van der Waals surface area contributed by atoms with Gasteiger partial charge in [-0.2, -0.15) is 0 Å². The summed E-state index contributed by atoms with van der Waals surface area (Å²) in [5, 5.41) is 3.06. The predicted octanol–water partition coefficient (Wildman–Crippen LogP) is 2.16. The van der Waals surface area contributed by atoms with Crippen molar-refractivity contribution in [2.24, 2.45) is 0 Å². The molecule has 1 aliphatic rings. The van der Waals surface area contributed by atoms with E-state index in [0.717, 1.165) is 12.8 Å². The van der Waals surface area contributed by atoms with Crippen molar-refractivity contribution in [2.75, 3.05) is 24.8 Å². The second kappa shape index (κ2) is 10.9. The van der Waals surface area contributed by atoms with Gasteiger partial charge in [-0.3, -0.25) is 23.3 Å². The van der Waals surface area contributed by atoms with Crippen LogP contribution in [0.25, 0.3) is 22.6 Å². The van der Waals surface area contributed by atoms with Crippen LogP contribution in [0.5, 0.6) is 0 Å². The van der Waals surface area contributed by atoms with Gasteiger partial charge in [-0.05, 0) is 31.9 Å². The number of pyridine rings is 1. The Kier molecular flexibility index (Phi) is 7.38. The Hall–Kier alpha value is -3.84. The number of hydrogen-bond acceptors (Lipinski definition) is 10. The van der Waals surface area contributed by atoms with Crippen molar-refractivity contribution in [1.29, 1.82) is 0 Å². The van der Waals surface area contributed by atoms with E-state index < -0.39 is 16.4 Å². The first-order valence-electron chi connectivity index (χ1n) is 12.3. The molecule has 4 heterocycles. The SMILES string of the molecule is CCS(=O)c1ccc(CNc2nc3cnc(-c4c(C5CC5)nc[nH]c4=O)nc3n([C@@H](C)COC)c2=O)nc1. The number of fused-ring (bicyclic) bond motifs is 1. The van der Waals surface area contributed by atoms with Crippen molar-refractivity contribution >= 4 is 27.8 Å². The van der Waals surface area contributed by atoms with Gasteiger partial charge in [0.25, 0.3) is 11.1 Å². The summed E-state index contributed by atoms with van der Waals surface area (Å²) in [7, 11) is 0.471. The van der Waals surface area contributed by atoms with Crippen molar-refractivity contribution in [2.45, 2.75) is 50.1 Å². The fourth-order valence-corrected chi connectivity index (χ4v) is 4.97. The van der Waals surface area contributed by atoms with Gasteiger partial charge >= 0.3 is 0 Å². The van der Waals surface area contributed by atoms with Crippen LogP contribution in [0.2, 0.25) is 0 Å². The molecule has 1 aliphatic carbocycles. The van der Waals surface area contributed by atoms with Gasteiger partial charge in [-0.15, -0.1) is 0 Å². The van der Waals surface area contributed by atoms with Crippen molar-refractivity contribution in [3.63, 3.8) is 0 Å². The number of methoxy groups -OCH3 is 1. The molecule has 2 atom stereocenters. The molecule has 0 radical (unpaired) electrons. The number of ether oxygens (including phenoxy) is 1. The van der Waals surface area contributed by atoms with Gasteiger partial charge in [0.15, 0.2) is 17.3 Å². The van der Waals surface area contributed by atoms with E-state index in [1.54, 1.807) is 25.4 Å². The molecule has 198 valence electrons. The maximum absolute atomic E-state index is 13.6. The van der Waals surface area contributed by atoms with Gasteiger partial charge in [-0.25, -0.2) is 19.9 Å². The molecule has 1 saturated carbocycles. The zero-order valence-corrected chi connectivity index (χ0v) is 22.1. The Balaban J connectivity index is 1.55. The molecule has 13 heteroatoms. The molecule has 38 heavy (non-hydrogen) atoms. The Labute approximate surface area is 220 Å². The summed E-state index contributed by atoms with van der Waals surface area (Å²) in [4.78, 5) is 51.9. The molecule has 1 unspecified atom stereocenters. The van der Waals surface area contributed by atoms with Crippen molar-refractivity contribution in [3.05, 3.63) is 62.9 Å². The highest BCUT2D eigenvalue weighted by molar-refractivity contribution is 7.85. The van der Waals surface area contributed by atoms with E-state index >= 15 is 0 Å². The monoisotopic (exact) mass is 536 g/mol. The third kappa shape index (κ3) is 5.11. The summed E-state index contributed by atoms with van der Waals surface area (Å²) in [5.74, 6) is 1.02. The summed E-state index contributed by atoms with van der Waals surface area (Å²) in [6.07, 6.45) is 6.39. The molecule has 0 aromatic carbocycles. The molecule has 2 N–H and O–H groups in total. The molecular weight excluding hydrogens is 508 g/mol. The lowest BCUT2D eigenvalue weighted by molar-refractivity contribution is 0.162. The molecule has 0 spiro atoms. The van der Waals surface area contributed by atoms with E-state index in [1.807, 2.05) is 13.8 Å². The topological polar surface area (TPSA) is 158 Å². The molecule has 12 nitrogen and oxygen atoms in total. The van der Waals surface area contributed by atoms with Gasteiger partial charge in [0, 0.05) is 25.0 Å². The molecule has 4 aromatic heterocycles. The van der Waals surface area contributed by atoms with Gasteiger partial charge in [0.1, 0.15) is 11.1 Å². The highest BCUT2D eigenvalue weighted by Crippen LogP contribution is 2.41. The first-order chi connectivity index (χ1) is 18.4. The van der Waals surface area contributed by atoms with E-state index in [4.69, 9.17) is 4.74 Å². The average molecular weight is 537 g/mol. The van der Waals surface area contributed by atoms with Crippen LogP contribution in [0, 0.1) is 0 Å². The Morgan fingerprint density at radius 2 is 2.00 bits per heavy atom. The van der Waals surface area contributed by atoms with Crippen LogP contribution in [0.15, 0.2) is 45.3 Å². The number of aromatic amines is 1. The predicted molar refractivity (Wildman–Crippen MR) is 143 cm³/mol. The van der Waals surface area contributed by atoms with Crippen LogP contribution in [0.1, 0.15) is 50.0 Å². The fraction of sp³-hybridized carbons (Fsp3) is 0.400. The Bertz CT molecular complexity index is 1610. The third-order valence-corrected chi connectivity index (χ3v) is 7.60. The lowest BCUT2D eigenvalue weighted by Crippen LogP contribution is -2.30. The molecular formula is C25H28N8O4S. The van der Waals surface area contributed by atoms with Gasteiger partial charge < -0.3 is 15.0 Å². The second-order valence-corrected chi connectivity index (χ2v) is 10.8. The first kappa shape index (κ1) is 25.8. The summed E-state index contributed by atoms with van der Waals surface area (Å²) < 4.78 is 18.8. The normalized spacial score (nSPS) is 14.9. The summed E-state index contributed by atoms with van der Waals surface area (Å²) in [6, 6.07) is 3.15. The molecule has 0 aliphatic heterocycles.